The Hall–Kier alpha value is -1.06. The van der Waals surface area contributed by atoms with Crippen molar-refractivity contribution >= 4 is 12.4 Å². The number of rotatable bonds is 2. The second-order valence-electron chi connectivity index (χ2n) is 6.70. The quantitative estimate of drug-likeness (QED) is 0.713. The average Bonchev–Trinajstić information content (AvgIpc) is 2.27. The zero-order valence-corrected chi connectivity index (χ0v) is 12.2. The first-order chi connectivity index (χ1) is 8.15. The van der Waals surface area contributed by atoms with Gasteiger partial charge in [-0.1, -0.05) is 13.8 Å². The fourth-order valence-electron chi connectivity index (χ4n) is 2.17. The number of carbonyl (C=O) groups excluding carboxylic acids is 2. The van der Waals surface area contributed by atoms with Crippen molar-refractivity contribution < 1.29 is 14.3 Å². The summed E-state index contributed by atoms with van der Waals surface area (Å²) in [5.41, 5.74) is -0.842. The highest BCUT2D eigenvalue weighted by atomic mass is 16.6. The number of ether oxygens (including phenoxy) is 1. The number of piperidine rings is 1. The van der Waals surface area contributed by atoms with E-state index in [-0.39, 0.29) is 17.4 Å². The highest BCUT2D eigenvalue weighted by Crippen LogP contribution is 2.32. The van der Waals surface area contributed by atoms with Crippen LogP contribution in [-0.2, 0) is 9.53 Å². The molecule has 1 saturated heterocycles. The van der Waals surface area contributed by atoms with Crippen molar-refractivity contribution in [2.45, 2.75) is 53.1 Å². The molecule has 1 rings (SSSR count). The molecule has 1 aliphatic rings. The van der Waals surface area contributed by atoms with E-state index < -0.39 is 5.60 Å². The molecule has 0 saturated carbocycles. The van der Waals surface area contributed by atoms with E-state index in [0.717, 1.165) is 25.7 Å². The van der Waals surface area contributed by atoms with Crippen LogP contribution in [0.2, 0.25) is 0 Å². The number of carbonyl (C=O) groups is 2. The van der Waals surface area contributed by atoms with Gasteiger partial charge in [-0.2, -0.15) is 0 Å². The van der Waals surface area contributed by atoms with Gasteiger partial charge >= 0.3 is 6.09 Å². The fourth-order valence-corrected chi connectivity index (χ4v) is 2.17. The van der Waals surface area contributed by atoms with Gasteiger partial charge in [0.2, 0.25) is 0 Å². The molecule has 0 aromatic rings. The van der Waals surface area contributed by atoms with Gasteiger partial charge in [0, 0.05) is 18.5 Å². The molecule has 1 heterocycles. The lowest BCUT2D eigenvalue weighted by molar-refractivity contribution is -0.118. The molecule has 0 bridgehead atoms. The van der Waals surface area contributed by atoms with E-state index >= 15 is 0 Å². The molecule has 1 aliphatic heterocycles. The molecular weight excluding hydrogens is 230 g/mol. The van der Waals surface area contributed by atoms with Gasteiger partial charge in [0.25, 0.3) is 0 Å². The van der Waals surface area contributed by atoms with E-state index in [0.29, 0.717) is 6.54 Å². The maximum absolute atomic E-state index is 12.0. The first-order valence-electron chi connectivity index (χ1n) is 6.60. The largest absolute Gasteiger partial charge is 0.444 e. The number of hydrogen-bond acceptors (Lipinski definition) is 3. The van der Waals surface area contributed by atoms with Crippen molar-refractivity contribution in [1.29, 1.82) is 0 Å². The molecule has 1 unspecified atom stereocenters. The van der Waals surface area contributed by atoms with Gasteiger partial charge in [-0.15, -0.1) is 0 Å². The summed E-state index contributed by atoms with van der Waals surface area (Å²) in [7, 11) is 0. The highest BCUT2D eigenvalue weighted by molar-refractivity contribution is 5.68. The summed E-state index contributed by atoms with van der Waals surface area (Å²) in [5, 5.41) is 0. The maximum atomic E-state index is 12.0. The Kier molecular flexibility index (Phi) is 4.41. The minimum absolute atomic E-state index is 0.219. The van der Waals surface area contributed by atoms with Gasteiger partial charge in [0.15, 0.2) is 0 Å². The van der Waals surface area contributed by atoms with Gasteiger partial charge in [0.05, 0.1) is 0 Å². The first kappa shape index (κ1) is 15.0. The normalized spacial score (nSPS) is 21.6. The molecule has 0 spiro atoms. The predicted molar refractivity (Wildman–Crippen MR) is 70.4 cm³/mol. The second kappa shape index (κ2) is 5.29. The molecule has 1 amide bonds. The third-order valence-electron chi connectivity index (χ3n) is 3.43. The van der Waals surface area contributed by atoms with Crippen LogP contribution in [0.15, 0.2) is 0 Å². The minimum atomic E-state index is -0.468. The molecule has 0 aromatic heterocycles. The molecule has 1 atom stereocenters. The Morgan fingerprint density at radius 1 is 1.28 bits per heavy atom. The summed E-state index contributed by atoms with van der Waals surface area (Å²) < 4.78 is 5.37. The first-order valence-corrected chi connectivity index (χ1v) is 6.60. The molecule has 4 heteroatoms. The average molecular weight is 255 g/mol. The standard InChI is InChI=1S/C14H25NO3/c1-13(2,3)18-12(17)15-8-6-7-11(9-15)14(4,5)10-16/h10-11H,6-9H2,1-5H3. The predicted octanol–water partition coefficient (Wildman–Crippen LogP) is 2.86. The number of hydrogen-bond donors (Lipinski definition) is 0. The number of amides is 1. The van der Waals surface area contributed by atoms with E-state index in [1.807, 2.05) is 34.6 Å². The van der Waals surface area contributed by atoms with Gasteiger partial charge in [-0.05, 0) is 39.5 Å². The molecule has 0 N–H and O–H groups in total. The Labute approximate surface area is 110 Å². The van der Waals surface area contributed by atoms with Crippen LogP contribution >= 0.6 is 0 Å². The zero-order valence-electron chi connectivity index (χ0n) is 12.2. The molecular formula is C14H25NO3. The molecule has 0 aromatic carbocycles. The van der Waals surface area contributed by atoms with Crippen LogP contribution in [0.5, 0.6) is 0 Å². The lowest BCUT2D eigenvalue weighted by Crippen LogP contribution is -2.46. The third-order valence-corrected chi connectivity index (χ3v) is 3.43. The van der Waals surface area contributed by atoms with Crippen molar-refractivity contribution in [2.75, 3.05) is 13.1 Å². The van der Waals surface area contributed by atoms with Crippen molar-refractivity contribution in [3.63, 3.8) is 0 Å². The van der Waals surface area contributed by atoms with E-state index in [2.05, 4.69) is 0 Å². The summed E-state index contributed by atoms with van der Waals surface area (Å²) in [6, 6.07) is 0. The third kappa shape index (κ3) is 4.00. The molecule has 1 fully saturated rings. The molecule has 0 aliphatic carbocycles. The van der Waals surface area contributed by atoms with E-state index in [9.17, 15) is 9.59 Å². The van der Waals surface area contributed by atoms with Gasteiger partial charge < -0.3 is 14.4 Å². The van der Waals surface area contributed by atoms with Gasteiger partial charge in [-0.3, -0.25) is 0 Å². The lowest BCUT2D eigenvalue weighted by atomic mass is 9.76. The summed E-state index contributed by atoms with van der Waals surface area (Å²) in [6.07, 6.45) is 2.65. The second-order valence-corrected chi connectivity index (χ2v) is 6.70. The molecule has 104 valence electrons. The van der Waals surface area contributed by atoms with E-state index in [4.69, 9.17) is 4.74 Å². The molecule has 0 radical (unpaired) electrons. The van der Waals surface area contributed by atoms with Gasteiger partial charge in [0.1, 0.15) is 11.9 Å². The summed E-state index contributed by atoms with van der Waals surface area (Å²) in [4.78, 5) is 24.8. The molecule has 4 nitrogen and oxygen atoms in total. The lowest BCUT2D eigenvalue weighted by Gasteiger charge is -2.39. The zero-order chi connectivity index (χ0) is 14.0. The topological polar surface area (TPSA) is 46.6 Å². The smallest absolute Gasteiger partial charge is 0.410 e. The number of likely N-dealkylation sites (tertiary alicyclic amines) is 1. The number of aldehydes is 1. The Morgan fingerprint density at radius 2 is 1.89 bits per heavy atom. The molecule has 18 heavy (non-hydrogen) atoms. The van der Waals surface area contributed by atoms with Crippen molar-refractivity contribution in [3.8, 4) is 0 Å². The SMILES string of the molecule is CC(C)(C)OC(=O)N1CCCC(C(C)(C)C=O)C1. The monoisotopic (exact) mass is 255 g/mol. The van der Waals surface area contributed by atoms with Crippen LogP contribution in [0.1, 0.15) is 47.5 Å². The van der Waals surface area contributed by atoms with Crippen LogP contribution in [0.4, 0.5) is 4.79 Å². The Morgan fingerprint density at radius 3 is 2.39 bits per heavy atom. The number of nitrogens with zero attached hydrogens (tertiary/aromatic N) is 1. The van der Waals surface area contributed by atoms with Crippen LogP contribution in [0.3, 0.4) is 0 Å². The van der Waals surface area contributed by atoms with Crippen molar-refractivity contribution in [1.82, 2.24) is 4.90 Å². The van der Waals surface area contributed by atoms with Crippen molar-refractivity contribution in [3.05, 3.63) is 0 Å². The van der Waals surface area contributed by atoms with Crippen LogP contribution in [0.25, 0.3) is 0 Å². The van der Waals surface area contributed by atoms with Crippen LogP contribution in [-0.4, -0.2) is 36.0 Å². The van der Waals surface area contributed by atoms with Crippen LogP contribution in [0, 0.1) is 11.3 Å². The van der Waals surface area contributed by atoms with Crippen LogP contribution < -0.4 is 0 Å². The van der Waals surface area contributed by atoms with Gasteiger partial charge in [-0.25, -0.2) is 4.79 Å². The maximum Gasteiger partial charge on any atom is 0.410 e. The summed E-state index contributed by atoms with van der Waals surface area (Å²) in [5.74, 6) is 0.219. The Bertz CT molecular complexity index is 317. The van der Waals surface area contributed by atoms with E-state index in [1.165, 1.54) is 0 Å². The minimum Gasteiger partial charge on any atom is -0.444 e. The Balaban J connectivity index is 2.64. The van der Waals surface area contributed by atoms with Crippen molar-refractivity contribution in [2.24, 2.45) is 11.3 Å². The fraction of sp³-hybridized carbons (Fsp3) is 0.857. The highest BCUT2D eigenvalue weighted by Gasteiger charge is 2.35. The summed E-state index contributed by atoms with van der Waals surface area (Å²) in [6.45, 7) is 10.8. The summed E-state index contributed by atoms with van der Waals surface area (Å²) >= 11 is 0. The van der Waals surface area contributed by atoms with E-state index in [1.54, 1.807) is 4.90 Å².